The van der Waals surface area contributed by atoms with Gasteiger partial charge < -0.3 is 21.1 Å². The van der Waals surface area contributed by atoms with Gasteiger partial charge in [-0.05, 0) is 55.3 Å². The van der Waals surface area contributed by atoms with Gasteiger partial charge in [-0.25, -0.2) is 19.4 Å². The van der Waals surface area contributed by atoms with Crippen LogP contribution >= 0.6 is 11.3 Å². The fourth-order valence-corrected chi connectivity index (χ4v) is 5.13. The zero-order valence-corrected chi connectivity index (χ0v) is 22.2. The van der Waals surface area contributed by atoms with Gasteiger partial charge in [0.1, 0.15) is 34.3 Å². The largest absolute Gasteiger partial charge is 0.491 e. The number of fused-ring (bicyclic) bond motifs is 2. The first-order valence-corrected chi connectivity index (χ1v) is 13.1. The summed E-state index contributed by atoms with van der Waals surface area (Å²) in [6.45, 7) is 9.60. The van der Waals surface area contributed by atoms with E-state index < -0.39 is 0 Å². The number of amidine groups is 1. The molecule has 194 valence electrons. The number of aromatic nitrogens is 2. The molecule has 2 aromatic heterocycles. The lowest BCUT2D eigenvalue weighted by molar-refractivity contribution is 0.261. The molecule has 0 atom stereocenters. The van der Waals surface area contributed by atoms with Gasteiger partial charge in [-0.15, -0.1) is 0 Å². The van der Waals surface area contributed by atoms with Gasteiger partial charge in [0.05, 0.1) is 12.4 Å². The molecule has 0 bridgehead atoms. The minimum absolute atomic E-state index is 0.268. The smallest absolute Gasteiger partial charge is 0.182 e. The number of rotatable bonds is 6. The number of hydrogen-bond donors (Lipinski definition) is 2. The van der Waals surface area contributed by atoms with Crippen molar-refractivity contribution in [3.8, 4) is 16.9 Å². The molecule has 0 saturated carbocycles. The molecule has 4 N–H and O–H groups in total. The highest BCUT2D eigenvalue weighted by Gasteiger charge is 2.22. The van der Waals surface area contributed by atoms with Gasteiger partial charge >= 0.3 is 0 Å². The van der Waals surface area contributed by atoms with Crippen molar-refractivity contribution in [1.29, 1.82) is 0 Å². The van der Waals surface area contributed by atoms with Crippen LogP contribution in [-0.2, 0) is 13.0 Å². The zero-order chi connectivity index (χ0) is 26.8. The van der Waals surface area contributed by atoms with Gasteiger partial charge in [0.2, 0.25) is 0 Å². The SMILES string of the molecule is C=C(C)/C(Cc1ccc(F)cc1)=C(\N=C(/C)N)N1CCOc2ccc(-c3cnc4sc(N)nc4c3)cc2C1. The molecule has 2 aromatic carbocycles. The molecule has 1 aliphatic heterocycles. The Morgan fingerprint density at radius 3 is 2.68 bits per heavy atom. The molecular formula is C29H29FN6OS. The Morgan fingerprint density at radius 2 is 1.95 bits per heavy atom. The average Bonchev–Trinajstić information content (AvgIpc) is 3.12. The number of nitrogens with zero attached hydrogens (tertiary/aromatic N) is 4. The van der Waals surface area contributed by atoms with E-state index in [1.165, 1.54) is 23.5 Å². The monoisotopic (exact) mass is 528 g/mol. The molecule has 4 aromatic rings. The summed E-state index contributed by atoms with van der Waals surface area (Å²) in [4.78, 5) is 16.6. The predicted octanol–water partition coefficient (Wildman–Crippen LogP) is 5.68. The van der Waals surface area contributed by atoms with Crippen molar-refractivity contribution >= 4 is 32.7 Å². The first-order chi connectivity index (χ1) is 18.3. The Morgan fingerprint density at radius 1 is 1.16 bits per heavy atom. The fourth-order valence-electron chi connectivity index (χ4n) is 4.48. The molecule has 7 nitrogen and oxygen atoms in total. The van der Waals surface area contributed by atoms with Crippen LogP contribution in [0.15, 0.2) is 83.3 Å². The fraction of sp³-hybridized carbons (Fsp3) is 0.207. The van der Waals surface area contributed by atoms with E-state index in [0.717, 1.165) is 55.3 Å². The summed E-state index contributed by atoms with van der Waals surface area (Å²) in [5.74, 6) is 1.74. The molecule has 0 radical (unpaired) electrons. The van der Waals surface area contributed by atoms with Gasteiger partial charge in [0.25, 0.3) is 0 Å². The summed E-state index contributed by atoms with van der Waals surface area (Å²) in [5.41, 5.74) is 18.5. The van der Waals surface area contributed by atoms with E-state index in [1.807, 2.05) is 31.3 Å². The lowest BCUT2D eigenvalue weighted by atomic mass is 9.99. The molecule has 38 heavy (non-hydrogen) atoms. The second-order valence-corrected chi connectivity index (χ2v) is 10.3. The number of ether oxygens (including phenoxy) is 1. The van der Waals surface area contributed by atoms with E-state index in [2.05, 4.69) is 27.5 Å². The highest BCUT2D eigenvalue weighted by atomic mass is 32.1. The Kier molecular flexibility index (Phi) is 7.11. The normalized spacial score (nSPS) is 14.5. The highest BCUT2D eigenvalue weighted by molar-refractivity contribution is 7.21. The molecule has 9 heteroatoms. The Balaban J connectivity index is 1.53. The van der Waals surface area contributed by atoms with Crippen LogP contribution in [0.2, 0.25) is 0 Å². The van der Waals surface area contributed by atoms with Crippen molar-refractivity contribution in [2.45, 2.75) is 26.8 Å². The number of nitrogen functional groups attached to an aromatic ring is 1. The van der Waals surface area contributed by atoms with Crippen molar-refractivity contribution in [2.75, 3.05) is 18.9 Å². The molecule has 0 spiro atoms. The van der Waals surface area contributed by atoms with Crippen LogP contribution in [-0.4, -0.2) is 33.9 Å². The lowest BCUT2D eigenvalue weighted by Gasteiger charge is -2.26. The number of anilines is 1. The number of thiazole rings is 1. The number of aliphatic imine (C=N–C) groups is 1. The summed E-state index contributed by atoms with van der Waals surface area (Å²) in [6, 6.07) is 14.6. The van der Waals surface area contributed by atoms with E-state index in [1.54, 1.807) is 19.1 Å². The van der Waals surface area contributed by atoms with E-state index in [0.29, 0.717) is 37.1 Å². The van der Waals surface area contributed by atoms with Gasteiger partial charge in [-0.2, -0.15) is 0 Å². The van der Waals surface area contributed by atoms with Crippen molar-refractivity contribution in [2.24, 2.45) is 10.7 Å². The molecule has 0 saturated heterocycles. The first-order valence-electron chi connectivity index (χ1n) is 12.2. The number of halogens is 1. The van der Waals surface area contributed by atoms with Crippen molar-refractivity contribution < 1.29 is 9.13 Å². The van der Waals surface area contributed by atoms with Gasteiger partial charge in [0.15, 0.2) is 5.13 Å². The Hall–Kier alpha value is -4.24. The summed E-state index contributed by atoms with van der Waals surface area (Å²) in [5, 5.41) is 0.500. The third kappa shape index (κ3) is 5.52. The molecule has 5 rings (SSSR count). The first kappa shape index (κ1) is 25.4. The van der Waals surface area contributed by atoms with Gasteiger partial charge in [0, 0.05) is 35.9 Å². The van der Waals surface area contributed by atoms with Crippen molar-refractivity contribution in [3.63, 3.8) is 0 Å². The zero-order valence-electron chi connectivity index (χ0n) is 21.4. The highest BCUT2D eigenvalue weighted by Crippen LogP contribution is 2.33. The van der Waals surface area contributed by atoms with Gasteiger partial charge in [-0.1, -0.05) is 41.7 Å². The van der Waals surface area contributed by atoms with Crippen LogP contribution in [0.1, 0.15) is 25.0 Å². The molecule has 0 fully saturated rings. The third-order valence-corrected chi connectivity index (χ3v) is 7.11. The molecule has 1 aliphatic rings. The topological polar surface area (TPSA) is 103 Å². The second kappa shape index (κ2) is 10.6. The van der Waals surface area contributed by atoms with Crippen LogP contribution in [0.25, 0.3) is 21.5 Å². The minimum Gasteiger partial charge on any atom is -0.491 e. The number of hydrogen-bond acceptors (Lipinski definition) is 7. The maximum absolute atomic E-state index is 13.5. The minimum atomic E-state index is -0.268. The molecule has 0 amide bonds. The van der Waals surface area contributed by atoms with Gasteiger partial charge in [-0.3, -0.25) is 0 Å². The van der Waals surface area contributed by atoms with Crippen LogP contribution in [0.5, 0.6) is 5.75 Å². The maximum atomic E-state index is 13.5. The van der Waals surface area contributed by atoms with Crippen LogP contribution in [0, 0.1) is 5.82 Å². The van der Waals surface area contributed by atoms with Crippen LogP contribution in [0.4, 0.5) is 9.52 Å². The second-order valence-electron chi connectivity index (χ2n) is 9.33. The summed E-state index contributed by atoms with van der Waals surface area (Å²) in [7, 11) is 0. The summed E-state index contributed by atoms with van der Waals surface area (Å²) in [6.07, 6.45) is 2.39. The third-order valence-electron chi connectivity index (χ3n) is 6.30. The number of pyridine rings is 1. The van der Waals surface area contributed by atoms with E-state index >= 15 is 0 Å². The molecule has 0 aliphatic carbocycles. The molecular weight excluding hydrogens is 499 g/mol. The lowest BCUT2D eigenvalue weighted by Crippen LogP contribution is -2.27. The van der Waals surface area contributed by atoms with Crippen LogP contribution in [0.3, 0.4) is 0 Å². The maximum Gasteiger partial charge on any atom is 0.182 e. The number of nitrogens with two attached hydrogens (primary N) is 2. The Bertz CT molecular complexity index is 1570. The van der Waals surface area contributed by atoms with Crippen molar-refractivity contribution in [1.82, 2.24) is 14.9 Å². The van der Waals surface area contributed by atoms with Crippen molar-refractivity contribution in [3.05, 3.63) is 95.2 Å². The van der Waals surface area contributed by atoms with E-state index in [9.17, 15) is 4.39 Å². The quantitative estimate of drug-likeness (QED) is 0.190. The number of benzene rings is 2. The van der Waals surface area contributed by atoms with E-state index in [4.69, 9.17) is 21.2 Å². The van der Waals surface area contributed by atoms with E-state index in [-0.39, 0.29) is 5.82 Å². The van der Waals surface area contributed by atoms with Crippen LogP contribution < -0.4 is 16.2 Å². The summed E-state index contributed by atoms with van der Waals surface area (Å²) < 4.78 is 19.6. The standard InChI is InChI=1S/C29H29FN6OS/c1-17(2)24(12-19-4-7-23(30)8-5-19)27(34-18(3)31)36-10-11-37-26-9-6-20(13-22(26)16-36)21-14-25-28(33-15-21)38-29(32)35-25/h4-9,13-15H,1,10-12,16H2,2-3H3,(H2,31,34)(H2,32,35)/b27-24+. The number of allylic oxidation sites excluding steroid dienone is 2. The summed E-state index contributed by atoms with van der Waals surface area (Å²) >= 11 is 1.37. The predicted molar refractivity (Wildman–Crippen MR) is 152 cm³/mol. The average molecular weight is 529 g/mol. The molecule has 3 heterocycles. The Labute approximate surface area is 225 Å². The molecule has 0 unspecified atom stereocenters.